The molecule has 2 aromatic rings. The summed E-state index contributed by atoms with van der Waals surface area (Å²) in [5.74, 6) is 0. The van der Waals surface area contributed by atoms with Crippen LogP contribution in [0.25, 0.3) is 10.9 Å². The van der Waals surface area contributed by atoms with E-state index in [1.54, 1.807) is 6.07 Å². The lowest BCUT2D eigenvalue weighted by Crippen LogP contribution is -1.91. The van der Waals surface area contributed by atoms with Crippen LogP contribution < -0.4 is 5.73 Å². The van der Waals surface area contributed by atoms with E-state index in [0.29, 0.717) is 21.1 Å². The van der Waals surface area contributed by atoms with Crippen LogP contribution in [0.1, 0.15) is 0 Å². The number of rotatable bonds is 0. The van der Waals surface area contributed by atoms with E-state index in [1.807, 2.05) is 6.07 Å². The maximum absolute atomic E-state index is 6.03. The Labute approximate surface area is 99.1 Å². The fourth-order valence-corrected chi connectivity index (χ4v) is 2.18. The van der Waals surface area contributed by atoms with Crippen LogP contribution in [0, 0.1) is 0 Å². The molecule has 72 valence electrons. The normalized spacial score (nSPS) is 10.8. The molecule has 2 nitrogen and oxygen atoms in total. The van der Waals surface area contributed by atoms with Gasteiger partial charge in [0.05, 0.1) is 27.4 Å². The van der Waals surface area contributed by atoms with Crippen LogP contribution in [0.15, 0.2) is 22.8 Å². The molecule has 2 rings (SSSR count). The Morgan fingerprint density at radius 2 is 2.00 bits per heavy atom. The lowest BCUT2D eigenvalue weighted by molar-refractivity contribution is 1.40. The standard InChI is InChI=1S/C9H5BrCl2N2/c10-4-1-2-5(11)7-8(12)6(13)3-14-9(4)7/h1-3H,13H2. The van der Waals surface area contributed by atoms with E-state index in [2.05, 4.69) is 20.9 Å². The lowest BCUT2D eigenvalue weighted by atomic mass is 10.2. The minimum absolute atomic E-state index is 0.430. The number of hydrogen-bond acceptors (Lipinski definition) is 2. The molecule has 1 heterocycles. The molecule has 0 unspecified atom stereocenters. The lowest BCUT2D eigenvalue weighted by Gasteiger charge is -2.06. The van der Waals surface area contributed by atoms with Gasteiger partial charge in [-0.2, -0.15) is 0 Å². The zero-order valence-corrected chi connectivity index (χ0v) is 9.99. The first kappa shape index (κ1) is 10.0. The molecular weight excluding hydrogens is 287 g/mol. The number of nitrogen functional groups attached to an aromatic ring is 1. The summed E-state index contributed by atoms with van der Waals surface area (Å²) in [5, 5.41) is 1.68. The largest absolute Gasteiger partial charge is 0.396 e. The fourth-order valence-electron chi connectivity index (χ4n) is 1.21. The molecule has 0 fully saturated rings. The third-order valence-corrected chi connectivity index (χ3v) is 3.25. The van der Waals surface area contributed by atoms with Crippen molar-refractivity contribution in [2.45, 2.75) is 0 Å². The van der Waals surface area contributed by atoms with E-state index in [-0.39, 0.29) is 0 Å². The predicted octanol–water partition coefficient (Wildman–Crippen LogP) is 3.89. The zero-order chi connectivity index (χ0) is 10.3. The number of hydrogen-bond donors (Lipinski definition) is 1. The van der Waals surface area contributed by atoms with Crippen molar-refractivity contribution in [2.75, 3.05) is 5.73 Å². The summed E-state index contributed by atoms with van der Waals surface area (Å²) in [6.45, 7) is 0. The topological polar surface area (TPSA) is 38.9 Å². The first-order chi connectivity index (χ1) is 6.61. The molecule has 1 aromatic carbocycles. The summed E-state index contributed by atoms with van der Waals surface area (Å²) in [6.07, 6.45) is 1.52. The van der Waals surface area contributed by atoms with Crippen molar-refractivity contribution >= 4 is 55.7 Å². The molecule has 0 amide bonds. The number of nitrogens with zero attached hydrogens (tertiary/aromatic N) is 1. The molecular formula is C9H5BrCl2N2. The van der Waals surface area contributed by atoms with Gasteiger partial charge in [-0.25, -0.2) is 0 Å². The zero-order valence-electron chi connectivity index (χ0n) is 6.89. The van der Waals surface area contributed by atoms with E-state index >= 15 is 0 Å². The second kappa shape index (κ2) is 3.57. The Kier molecular flexibility index (Phi) is 2.56. The Morgan fingerprint density at radius 3 is 2.71 bits per heavy atom. The number of aromatic nitrogens is 1. The molecule has 0 aliphatic carbocycles. The molecule has 2 N–H and O–H groups in total. The average Bonchev–Trinajstić information content (AvgIpc) is 2.16. The first-order valence-electron chi connectivity index (χ1n) is 3.79. The number of fused-ring (bicyclic) bond motifs is 1. The number of benzene rings is 1. The van der Waals surface area contributed by atoms with E-state index in [1.165, 1.54) is 6.20 Å². The van der Waals surface area contributed by atoms with Crippen molar-refractivity contribution in [2.24, 2.45) is 0 Å². The highest BCUT2D eigenvalue weighted by Gasteiger charge is 2.10. The van der Waals surface area contributed by atoms with Gasteiger partial charge in [0.15, 0.2) is 0 Å². The molecule has 14 heavy (non-hydrogen) atoms. The Bertz CT molecular complexity index is 514. The molecule has 5 heteroatoms. The molecule has 0 spiro atoms. The predicted molar refractivity (Wildman–Crippen MR) is 63.9 cm³/mol. The van der Waals surface area contributed by atoms with Gasteiger partial charge in [-0.15, -0.1) is 0 Å². The van der Waals surface area contributed by atoms with Crippen molar-refractivity contribution in [3.63, 3.8) is 0 Å². The van der Waals surface area contributed by atoms with Crippen molar-refractivity contribution in [3.8, 4) is 0 Å². The number of halogens is 3. The van der Waals surface area contributed by atoms with Gasteiger partial charge < -0.3 is 5.73 Å². The summed E-state index contributed by atoms with van der Waals surface area (Å²) in [6, 6.07) is 3.57. The van der Waals surface area contributed by atoms with Gasteiger partial charge >= 0.3 is 0 Å². The van der Waals surface area contributed by atoms with Crippen LogP contribution in [0.5, 0.6) is 0 Å². The third kappa shape index (κ3) is 1.45. The summed E-state index contributed by atoms with van der Waals surface area (Å²) in [7, 11) is 0. The van der Waals surface area contributed by atoms with E-state index < -0.39 is 0 Å². The second-order valence-corrected chi connectivity index (χ2v) is 4.42. The number of pyridine rings is 1. The second-order valence-electron chi connectivity index (χ2n) is 2.78. The van der Waals surface area contributed by atoms with Crippen molar-refractivity contribution in [3.05, 3.63) is 32.8 Å². The minimum Gasteiger partial charge on any atom is -0.396 e. The Hall–Kier alpha value is -0.510. The van der Waals surface area contributed by atoms with Gasteiger partial charge in [-0.05, 0) is 28.1 Å². The minimum atomic E-state index is 0.430. The third-order valence-electron chi connectivity index (χ3n) is 1.88. The molecule has 0 saturated carbocycles. The molecule has 0 aliphatic heterocycles. The first-order valence-corrected chi connectivity index (χ1v) is 5.34. The molecule has 1 aromatic heterocycles. The summed E-state index contributed by atoms with van der Waals surface area (Å²) >= 11 is 15.4. The Morgan fingerprint density at radius 1 is 1.29 bits per heavy atom. The van der Waals surface area contributed by atoms with Gasteiger partial charge in [0.25, 0.3) is 0 Å². The quantitative estimate of drug-likeness (QED) is 0.800. The maximum Gasteiger partial charge on any atom is 0.0875 e. The van der Waals surface area contributed by atoms with E-state index in [4.69, 9.17) is 28.9 Å². The SMILES string of the molecule is Nc1cnc2c(Br)ccc(Cl)c2c1Cl. The van der Waals surface area contributed by atoms with Crippen molar-refractivity contribution in [1.82, 2.24) is 4.98 Å². The monoisotopic (exact) mass is 290 g/mol. The number of anilines is 1. The van der Waals surface area contributed by atoms with Gasteiger partial charge in [-0.3, -0.25) is 4.98 Å². The maximum atomic E-state index is 6.03. The summed E-state index contributed by atoms with van der Waals surface area (Å²) in [5.41, 5.74) is 6.79. The van der Waals surface area contributed by atoms with Gasteiger partial charge in [0.2, 0.25) is 0 Å². The highest BCUT2D eigenvalue weighted by molar-refractivity contribution is 9.10. The van der Waals surface area contributed by atoms with Crippen LogP contribution in [0.3, 0.4) is 0 Å². The molecule has 0 bridgehead atoms. The Balaban J connectivity index is 3.01. The van der Waals surface area contributed by atoms with Gasteiger partial charge in [0.1, 0.15) is 0 Å². The van der Waals surface area contributed by atoms with Crippen LogP contribution in [0.2, 0.25) is 10.0 Å². The molecule has 0 aliphatic rings. The summed E-state index contributed by atoms with van der Waals surface area (Å²) in [4.78, 5) is 4.16. The van der Waals surface area contributed by atoms with Crippen LogP contribution in [-0.4, -0.2) is 4.98 Å². The van der Waals surface area contributed by atoms with Crippen LogP contribution in [0.4, 0.5) is 5.69 Å². The smallest absolute Gasteiger partial charge is 0.0875 e. The van der Waals surface area contributed by atoms with Crippen molar-refractivity contribution in [1.29, 1.82) is 0 Å². The fraction of sp³-hybridized carbons (Fsp3) is 0. The van der Waals surface area contributed by atoms with Crippen LogP contribution in [-0.2, 0) is 0 Å². The van der Waals surface area contributed by atoms with Gasteiger partial charge in [0, 0.05) is 9.86 Å². The number of nitrogens with two attached hydrogens (primary N) is 1. The molecule has 0 atom stereocenters. The molecule has 0 saturated heterocycles. The average molecular weight is 292 g/mol. The van der Waals surface area contributed by atoms with Gasteiger partial charge in [-0.1, -0.05) is 23.2 Å². The molecule has 0 radical (unpaired) electrons. The van der Waals surface area contributed by atoms with Crippen molar-refractivity contribution < 1.29 is 0 Å². The summed E-state index contributed by atoms with van der Waals surface area (Å²) < 4.78 is 0.846. The van der Waals surface area contributed by atoms with E-state index in [0.717, 1.165) is 9.99 Å². The van der Waals surface area contributed by atoms with E-state index in [9.17, 15) is 0 Å². The highest BCUT2D eigenvalue weighted by Crippen LogP contribution is 2.36. The highest BCUT2D eigenvalue weighted by atomic mass is 79.9. The van der Waals surface area contributed by atoms with Crippen LogP contribution >= 0.6 is 39.1 Å².